The first-order valence-corrected chi connectivity index (χ1v) is 12.6. The van der Waals surface area contributed by atoms with Crippen LogP contribution in [0.25, 0.3) is 11.3 Å². The first-order valence-electron chi connectivity index (χ1n) is 12.6. The van der Waals surface area contributed by atoms with E-state index in [1.165, 1.54) is 11.0 Å². The van der Waals surface area contributed by atoms with Gasteiger partial charge in [0.05, 0.1) is 23.2 Å². The van der Waals surface area contributed by atoms with Gasteiger partial charge in [0.15, 0.2) is 34.7 Å². The molecule has 6 atom stereocenters. The first kappa shape index (κ1) is 25.9. The molecule has 1 aromatic heterocycles. The van der Waals surface area contributed by atoms with Gasteiger partial charge in [-0.3, -0.25) is 33.9 Å². The molecule has 2 saturated carbocycles. The second-order valence-electron chi connectivity index (χ2n) is 10.7. The van der Waals surface area contributed by atoms with Crippen molar-refractivity contribution >= 4 is 29.0 Å². The van der Waals surface area contributed by atoms with E-state index in [1.54, 1.807) is 26.4 Å². The standard InChI is InChI=1S/C28H29N3O7/c1-4-12-7-8-30-17(9-12)14-5-6-18(32)20-15(14)10-13-11-16-22(31(2)3)24(34)21(27(29)37)26(36)28(16,38)25(35)19(13)23(20)33/h5-9,13,16,19,21-22,32,38H,4,10-11H2,1-3H3,(H2,29,37). The van der Waals surface area contributed by atoms with Crippen LogP contribution in [0.3, 0.4) is 0 Å². The number of aromatic nitrogens is 1. The van der Waals surface area contributed by atoms with E-state index in [0.29, 0.717) is 16.8 Å². The number of ketones is 4. The Balaban J connectivity index is 1.66. The van der Waals surface area contributed by atoms with Crippen LogP contribution in [0.1, 0.15) is 34.8 Å². The summed E-state index contributed by atoms with van der Waals surface area (Å²) in [4.78, 5) is 72.2. The molecular formula is C28H29N3O7. The van der Waals surface area contributed by atoms with Gasteiger partial charge in [0.2, 0.25) is 5.91 Å². The number of phenols is 1. The van der Waals surface area contributed by atoms with Crippen molar-refractivity contribution in [1.82, 2.24) is 9.88 Å². The molecule has 3 aliphatic rings. The average molecular weight is 520 g/mol. The normalized spacial score (nSPS) is 30.6. The predicted octanol–water partition coefficient (Wildman–Crippen LogP) is 0.491. The van der Waals surface area contributed by atoms with Gasteiger partial charge in [0.25, 0.3) is 0 Å². The molecule has 1 heterocycles. The van der Waals surface area contributed by atoms with Crippen molar-refractivity contribution in [2.75, 3.05) is 14.1 Å². The summed E-state index contributed by atoms with van der Waals surface area (Å²) in [5, 5.41) is 22.3. The van der Waals surface area contributed by atoms with E-state index in [0.717, 1.165) is 12.0 Å². The Bertz CT molecular complexity index is 1420. The maximum absolute atomic E-state index is 13.9. The number of benzene rings is 1. The molecular weight excluding hydrogens is 490 g/mol. The van der Waals surface area contributed by atoms with Gasteiger partial charge >= 0.3 is 0 Å². The summed E-state index contributed by atoms with van der Waals surface area (Å²) in [6.07, 6.45) is 2.63. The zero-order valence-corrected chi connectivity index (χ0v) is 21.3. The molecule has 2 aromatic rings. The number of aliphatic hydroxyl groups is 1. The summed E-state index contributed by atoms with van der Waals surface area (Å²) >= 11 is 0. The van der Waals surface area contributed by atoms with Crippen LogP contribution in [-0.4, -0.2) is 74.9 Å². The molecule has 0 saturated heterocycles. The van der Waals surface area contributed by atoms with E-state index in [1.807, 2.05) is 19.1 Å². The molecule has 10 nitrogen and oxygen atoms in total. The molecule has 38 heavy (non-hydrogen) atoms. The molecule has 6 unspecified atom stereocenters. The highest BCUT2D eigenvalue weighted by molar-refractivity contribution is 6.32. The number of hydrogen-bond donors (Lipinski definition) is 3. The van der Waals surface area contributed by atoms with Crippen molar-refractivity contribution in [2.24, 2.45) is 29.4 Å². The van der Waals surface area contributed by atoms with Gasteiger partial charge in [-0.2, -0.15) is 0 Å². The minimum Gasteiger partial charge on any atom is -0.507 e. The molecule has 3 aliphatic carbocycles. The number of Topliss-reactive ketones (excluding diaryl/α,β-unsaturated/α-hetero) is 4. The summed E-state index contributed by atoms with van der Waals surface area (Å²) in [5.74, 6) is -10.6. The average Bonchev–Trinajstić information content (AvgIpc) is 2.86. The number of carbonyl (C=O) groups excluding carboxylic acids is 5. The Morgan fingerprint density at radius 1 is 1.16 bits per heavy atom. The number of aromatic hydroxyl groups is 1. The number of nitrogens with two attached hydrogens (primary N) is 1. The fourth-order valence-corrected chi connectivity index (χ4v) is 6.69. The Hall–Kier alpha value is -3.76. The lowest BCUT2D eigenvalue weighted by Gasteiger charge is -2.52. The zero-order valence-electron chi connectivity index (χ0n) is 21.3. The highest BCUT2D eigenvalue weighted by Gasteiger charge is 2.69. The molecule has 10 heteroatoms. The van der Waals surface area contributed by atoms with Crippen molar-refractivity contribution in [3.8, 4) is 17.0 Å². The van der Waals surface area contributed by atoms with Crippen molar-refractivity contribution in [3.05, 3.63) is 47.2 Å². The molecule has 1 aromatic carbocycles. The maximum Gasteiger partial charge on any atom is 0.235 e. The number of amides is 1. The van der Waals surface area contributed by atoms with E-state index < -0.39 is 64.4 Å². The minimum absolute atomic E-state index is 0.00141. The number of rotatable bonds is 4. The Morgan fingerprint density at radius 2 is 1.87 bits per heavy atom. The molecule has 2 fully saturated rings. The lowest BCUT2D eigenvalue weighted by molar-refractivity contribution is -0.181. The lowest BCUT2D eigenvalue weighted by Crippen LogP contribution is -2.74. The van der Waals surface area contributed by atoms with Crippen LogP contribution >= 0.6 is 0 Å². The number of carbonyl (C=O) groups is 5. The number of hydrogen-bond acceptors (Lipinski definition) is 9. The van der Waals surface area contributed by atoms with E-state index in [2.05, 4.69) is 4.98 Å². The minimum atomic E-state index is -2.74. The molecule has 4 N–H and O–H groups in total. The van der Waals surface area contributed by atoms with Crippen LogP contribution in [0.2, 0.25) is 0 Å². The number of nitrogens with zero attached hydrogens (tertiary/aromatic N) is 2. The Kier molecular flexibility index (Phi) is 6.07. The van der Waals surface area contributed by atoms with Crippen LogP contribution in [0.4, 0.5) is 0 Å². The third kappa shape index (κ3) is 3.47. The van der Waals surface area contributed by atoms with Gasteiger partial charge in [0, 0.05) is 17.7 Å². The van der Waals surface area contributed by atoms with Crippen molar-refractivity contribution in [2.45, 2.75) is 37.8 Å². The van der Waals surface area contributed by atoms with Crippen molar-refractivity contribution in [1.29, 1.82) is 0 Å². The number of fused-ring (bicyclic) bond motifs is 3. The summed E-state index contributed by atoms with van der Waals surface area (Å²) < 4.78 is 0. The number of pyridine rings is 1. The van der Waals surface area contributed by atoms with E-state index in [9.17, 15) is 34.2 Å². The van der Waals surface area contributed by atoms with E-state index in [4.69, 9.17) is 5.73 Å². The molecule has 0 radical (unpaired) electrons. The largest absolute Gasteiger partial charge is 0.507 e. The highest BCUT2D eigenvalue weighted by atomic mass is 16.3. The topological polar surface area (TPSA) is 168 Å². The van der Waals surface area contributed by atoms with E-state index in [-0.39, 0.29) is 24.2 Å². The van der Waals surface area contributed by atoms with Crippen LogP contribution < -0.4 is 5.73 Å². The van der Waals surface area contributed by atoms with Gasteiger partial charge in [-0.15, -0.1) is 0 Å². The molecule has 0 aliphatic heterocycles. The van der Waals surface area contributed by atoms with Crippen LogP contribution in [0, 0.1) is 23.7 Å². The molecule has 0 spiro atoms. The highest BCUT2D eigenvalue weighted by Crippen LogP contribution is 2.51. The van der Waals surface area contributed by atoms with Crippen LogP contribution in [0.5, 0.6) is 5.75 Å². The number of likely N-dealkylation sites (N-methyl/N-ethyl adjacent to an activating group) is 1. The van der Waals surface area contributed by atoms with Crippen LogP contribution in [0.15, 0.2) is 30.5 Å². The number of primary amides is 1. The second-order valence-corrected chi connectivity index (χ2v) is 10.7. The van der Waals surface area contributed by atoms with Gasteiger partial charge in [-0.1, -0.05) is 6.92 Å². The number of aryl methyl sites for hydroxylation is 1. The quantitative estimate of drug-likeness (QED) is 0.487. The van der Waals surface area contributed by atoms with Gasteiger partial charge in [-0.25, -0.2) is 0 Å². The summed E-state index contributed by atoms with van der Waals surface area (Å²) in [7, 11) is 3.11. The Morgan fingerprint density at radius 3 is 2.50 bits per heavy atom. The third-order valence-corrected chi connectivity index (χ3v) is 8.45. The Labute approximate surface area is 218 Å². The number of phenolic OH excluding ortho intramolecular Hbond substituents is 1. The van der Waals surface area contributed by atoms with Gasteiger partial charge in [0.1, 0.15) is 5.75 Å². The molecule has 198 valence electrons. The summed E-state index contributed by atoms with van der Waals surface area (Å²) in [6.45, 7) is 2.00. The fourth-order valence-electron chi connectivity index (χ4n) is 6.69. The zero-order chi connectivity index (χ0) is 27.7. The SMILES string of the molecule is CCc1ccnc(-c2ccc(O)c3c2CC2CC4C(N(C)C)C(=O)C(C(N)=O)C(=O)C4(O)C(=O)C2C3=O)c1. The monoisotopic (exact) mass is 519 g/mol. The lowest BCUT2D eigenvalue weighted by atomic mass is 9.52. The molecule has 0 bridgehead atoms. The summed E-state index contributed by atoms with van der Waals surface area (Å²) in [6, 6.07) is 5.70. The first-order chi connectivity index (χ1) is 17.9. The van der Waals surface area contributed by atoms with Crippen LogP contribution in [-0.2, 0) is 32.0 Å². The van der Waals surface area contributed by atoms with Gasteiger partial charge < -0.3 is 15.9 Å². The fraction of sp³-hybridized carbons (Fsp3) is 0.429. The third-order valence-electron chi connectivity index (χ3n) is 8.45. The van der Waals surface area contributed by atoms with Crippen molar-refractivity contribution < 1.29 is 34.2 Å². The predicted molar refractivity (Wildman–Crippen MR) is 134 cm³/mol. The van der Waals surface area contributed by atoms with Crippen molar-refractivity contribution in [3.63, 3.8) is 0 Å². The maximum atomic E-state index is 13.9. The summed E-state index contributed by atoms with van der Waals surface area (Å²) in [5.41, 5.74) is 5.38. The molecule has 1 amide bonds. The second kappa shape index (κ2) is 8.92. The van der Waals surface area contributed by atoms with Gasteiger partial charge in [-0.05, 0) is 74.7 Å². The molecule has 5 rings (SSSR count). The van der Waals surface area contributed by atoms with E-state index >= 15 is 0 Å². The smallest absolute Gasteiger partial charge is 0.235 e.